The predicted octanol–water partition coefficient (Wildman–Crippen LogP) is -0.331. The number of amides is 1. The van der Waals surface area contributed by atoms with E-state index in [1.807, 2.05) is 6.26 Å². The van der Waals surface area contributed by atoms with Gasteiger partial charge in [-0.1, -0.05) is 0 Å². The zero-order valence-electron chi connectivity index (χ0n) is 4.23. The summed E-state index contributed by atoms with van der Waals surface area (Å²) in [4.78, 5) is 10.3. The van der Waals surface area contributed by atoms with Crippen LogP contribution in [-0.4, -0.2) is 17.9 Å². The van der Waals surface area contributed by atoms with Gasteiger partial charge in [0, 0.05) is 0 Å². The van der Waals surface area contributed by atoms with E-state index in [1.165, 1.54) is 0 Å². The molecular formula is C4H8NOS+. The highest BCUT2D eigenvalue weighted by Gasteiger charge is 2.24. The van der Waals surface area contributed by atoms with Gasteiger partial charge in [0.05, 0.1) is 17.5 Å². The summed E-state index contributed by atoms with van der Waals surface area (Å²) < 4.78 is 2.81. The molecule has 1 rings (SSSR count). The molecule has 1 heterocycles. The summed E-state index contributed by atoms with van der Waals surface area (Å²) in [6.45, 7) is 0. The Morgan fingerprint density at radius 3 is 2.71 bits per heavy atom. The van der Waals surface area contributed by atoms with Gasteiger partial charge in [-0.15, -0.1) is 0 Å². The van der Waals surface area contributed by atoms with Gasteiger partial charge in [0.2, 0.25) is 0 Å². The van der Waals surface area contributed by atoms with E-state index in [-0.39, 0.29) is 17.0 Å². The number of carbonyl (C=O) groups excluding carboxylic acids is 1. The third-order valence-electron chi connectivity index (χ3n) is 0.923. The van der Waals surface area contributed by atoms with E-state index in [2.05, 4.69) is 4.72 Å². The van der Waals surface area contributed by atoms with Crippen molar-refractivity contribution in [1.29, 1.82) is 0 Å². The van der Waals surface area contributed by atoms with Crippen LogP contribution in [0.1, 0.15) is 6.42 Å². The van der Waals surface area contributed by atoms with Crippen molar-refractivity contribution >= 4 is 17.0 Å². The molecule has 1 aliphatic heterocycles. The summed E-state index contributed by atoms with van der Waals surface area (Å²) in [5.41, 5.74) is 0. The number of carbonyl (C=O) groups is 1. The first-order valence-electron chi connectivity index (χ1n) is 2.21. The molecule has 1 aliphatic rings. The van der Waals surface area contributed by atoms with Crippen LogP contribution in [-0.2, 0) is 15.9 Å². The molecule has 0 bridgehead atoms. The molecule has 3 heteroatoms. The first-order valence-corrected chi connectivity index (χ1v) is 4.01. The van der Waals surface area contributed by atoms with Gasteiger partial charge in [-0.05, 0) is 0 Å². The van der Waals surface area contributed by atoms with E-state index in [0.29, 0.717) is 0 Å². The maximum absolute atomic E-state index is 10.3. The highest BCUT2D eigenvalue weighted by molar-refractivity contribution is 7.95. The van der Waals surface area contributed by atoms with Gasteiger partial charge in [-0.3, -0.25) is 4.79 Å². The Bertz CT molecular complexity index is 93.7. The summed E-state index contributed by atoms with van der Waals surface area (Å²) >= 11 is 0.198. The van der Waals surface area contributed by atoms with Crippen LogP contribution in [0.5, 0.6) is 0 Å². The monoisotopic (exact) mass is 118 g/mol. The minimum absolute atomic E-state index is 0.198. The Hall–Kier alpha value is -0.180. The highest BCUT2D eigenvalue weighted by Crippen LogP contribution is 1.98. The lowest BCUT2D eigenvalue weighted by atomic mass is 10.5. The average molecular weight is 118 g/mol. The molecule has 1 atom stereocenters. The highest BCUT2D eigenvalue weighted by atomic mass is 32.2. The fourth-order valence-corrected chi connectivity index (χ4v) is 1.63. The van der Waals surface area contributed by atoms with Crippen molar-refractivity contribution in [1.82, 2.24) is 4.72 Å². The molecule has 1 N–H and O–H groups in total. The normalized spacial score (nSPS) is 30.4. The number of nitrogens with one attached hydrogen (secondary N) is 1. The van der Waals surface area contributed by atoms with Crippen molar-refractivity contribution in [3.63, 3.8) is 0 Å². The first kappa shape index (κ1) is 4.97. The maximum Gasteiger partial charge on any atom is 0.265 e. The minimum atomic E-state index is 0.198. The van der Waals surface area contributed by atoms with Crippen LogP contribution in [0, 0.1) is 0 Å². The second-order valence-electron chi connectivity index (χ2n) is 1.62. The van der Waals surface area contributed by atoms with E-state index in [9.17, 15) is 4.79 Å². The van der Waals surface area contributed by atoms with Crippen molar-refractivity contribution in [3.8, 4) is 0 Å². The Balaban J connectivity index is 2.40. The fraction of sp³-hybridized carbons (Fsp3) is 0.750. The molecule has 0 aromatic carbocycles. The number of hydrogen-bond donors (Lipinski definition) is 1. The van der Waals surface area contributed by atoms with Gasteiger partial charge >= 0.3 is 0 Å². The van der Waals surface area contributed by atoms with E-state index in [4.69, 9.17) is 0 Å². The molecule has 0 aromatic heterocycles. The molecule has 0 spiro atoms. The van der Waals surface area contributed by atoms with E-state index < -0.39 is 0 Å². The fourth-order valence-electron chi connectivity index (χ4n) is 0.542. The second-order valence-corrected chi connectivity index (χ2v) is 3.50. The Morgan fingerprint density at radius 2 is 2.57 bits per heavy atom. The Kier molecular flexibility index (Phi) is 1.23. The van der Waals surface area contributed by atoms with Crippen molar-refractivity contribution < 1.29 is 4.79 Å². The van der Waals surface area contributed by atoms with E-state index >= 15 is 0 Å². The molecule has 1 saturated heterocycles. The van der Waals surface area contributed by atoms with Gasteiger partial charge in [0.1, 0.15) is 12.0 Å². The van der Waals surface area contributed by atoms with Crippen LogP contribution in [0.15, 0.2) is 0 Å². The standard InChI is InChI=1S/C4H7NOS/c1-7-3-2-4(6)5-7/h2-3H2,1H3/p+1. The lowest BCUT2D eigenvalue weighted by Crippen LogP contribution is -2.19. The van der Waals surface area contributed by atoms with Crippen LogP contribution in [0.4, 0.5) is 0 Å². The first-order chi connectivity index (χ1) is 3.29. The third-order valence-corrected chi connectivity index (χ3v) is 2.32. The molecule has 0 aliphatic carbocycles. The number of hydrogen-bond acceptors (Lipinski definition) is 1. The molecule has 2 nitrogen and oxygen atoms in total. The lowest BCUT2D eigenvalue weighted by molar-refractivity contribution is -0.118. The lowest BCUT2D eigenvalue weighted by Gasteiger charge is -1.83. The zero-order chi connectivity index (χ0) is 5.28. The second kappa shape index (κ2) is 1.74. The van der Waals surface area contributed by atoms with Crippen LogP contribution >= 0.6 is 0 Å². The molecule has 0 aromatic rings. The van der Waals surface area contributed by atoms with Crippen molar-refractivity contribution in [2.75, 3.05) is 12.0 Å². The maximum atomic E-state index is 10.3. The van der Waals surface area contributed by atoms with Crippen molar-refractivity contribution in [2.24, 2.45) is 0 Å². The van der Waals surface area contributed by atoms with E-state index in [0.717, 1.165) is 12.2 Å². The van der Waals surface area contributed by atoms with Gasteiger partial charge in [-0.25, -0.2) is 0 Å². The van der Waals surface area contributed by atoms with Crippen molar-refractivity contribution in [3.05, 3.63) is 0 Å². The molecule has 0 radical (unpaired) electrons. The summed E-state index contributed by atoms with van der Waals surface area (Å²) in [5.74, 6) is 1.25. The van der Waals surface area contributed by atoms with Gasteiger partial charge in [0.25, 0.3) is 5.91 Å². The molecule has 1 unspecified atom stereocenters. The molecule has 0 saturated carbocycles. The summed E-state index contributed by atoms with van der Waals surface area (Å²) in [6.07, 6.45) is 2.78. The predicted molar refractivity (Wildman–Crippen MR) is 30.9 cm³/mol. The topological polar surface area (TPSA) is 29.1 Å². The van der Waals surface area contributed by atoms with Crippen LogP contribution in [0.2, 0.25) is 0 Å². The Morgan fingerprint density at radius 1 is 1.86 bits per heavy atom. The molecular weight excluding hydrogens is 110 g/mol. The van der Waals surface area contributed by atoms with Gasteiger partial charge in [-0.2, -0.15) is 4.72 Å². The Labute approximate surface area is 45.8 Å². The quantitative estimate of drug-likeness (QED) is 0.433. The molecule has 1 amide bonds. The summed E-state index contributed by atoms with van der Waals surface area (Å²) in [7, 11) is 0. The largest absolute Gasteiger partial charge is 0.271 e. The third kappa shape index (κ3) is 1.09. The van der Waals surface area contributed by atoms with Crippen LogP contribution in [0.25, 0.3) is 0 Å². The average Bonchev–Trinajstić information content (AvgIpc) is 1.87. The molecule has 40 valence electrons. The summed E-state index contributed by atoms with van der Waals surface area (Å²) in [6, 6.07) is 0. The SMILES string of the molecule is C[S+]1CCC(=O)N1. The zero-order valence-corrected chi connectivity index (χ0v) is 5.05. The molecule has 1 fully saturated rings. The van der Waals surface area contributed by atoms with E-state index in [1.54, 1.807) is 0 Å². The van der Waals surface area contributed by atoms with Gasteiger partial charge < -0.3 is 0 Å². The smallest absolute Gasteiger partial charge is 0.265 e. The van der Waals surface area contributed by atoms with Gasteiger partial charge in [0.15, 0.2) is 0 Å². The number of rotatable bonds is 0. The van der Waals surface area contributed by atoms with Crippen molar-refractivity contribution in [2.45, 2.75) is 6.42 Å². The summed E-state index contributed by atoms with van der Waals surface area (Å²) in [5, 5.41) is 0. The molecule has 7 heavy (non-hydrogen) atoms. The minimum Gasteiger partial charge on any atom is -0.271 e. The van der Waals surface area contributed by atoms with Crippen LogP contribution < -0.4 is 4.72 Å². The van der Waals surface area contributed by atoms with Crippen LogP contribution in [0.3, 0.4) is 0 Å².